The number of nitrogens with one attached hydrogen (secondary N) is 2. The number of hydrogen-bond acceptors (Lipinski definition) is 5. The van der Waals surface area contributed by atoms with Gasteiger partial charge in [0.2, 0.25) is 11.8 Å². The molecule has 0 bridgehead atoms. The van der Waals surface area contributed by atoms with Gasteiger partial charge in [0.1, 0.15) is 4.75 Å². The van der Waals surface area contributed by atoms with Gasteiger partial charge in [-0.15, -0.1) is 11.8 Å². The molecule has 2 fully saturated rings. The van der Waals surface area contributed by atoms with E-state index in [0.717, 1.165) is 71.8 Å². The van der Waals surface area contributed by atoms with Crippen LogP contribution in [0.25, 0.3) is 10.9 Å². The molecule has 3 aromatic carbocycles. The van der Waals surface area contributed by atoms with Crippen LogP contribution in [0.3, 0.4) is 0 Å². The summed E-state index contributed by atoms with van der Waals surface area (Å²) in [5.74, 6) is -0.204. The van der Waals surface area contributed by atoms with Gasteiger partial charge in [-0.1, -0.05) is 53.5 Å². The summed E-state index contributed by atoms with van der Waals surface area (Å²) < 4.78 is 4.36. The second kappa shape index (κ2) is 13.5. The van der Waals surface area contributed by atoms with E-state index in [1.807, 2.05) is 84.8 Å². The van der Waals surface area contributed by atoms with Crippen molar-refractivity contribution in [3.8, 4) is 0 Å². The normalized spacial score (nSPS) is 20.8. The standard InChI is InChI=1S/C34H36Cl2N4O3S/c1-23-18-25(35)9-8-24(23)22-40-31(41)20-34(44-27-6-3-2-4-7-27,33(42)37-12-5-13-39-14-16-43-17-15-39)32(40)29-21-38-30-19-26(36)10-11-28(29)30/h2-4,6-11,18-19,21,32,38H,5,12-17,20,22H2,1H3,(H,37,42)/t32-,34+/m1/s1. The van der Waals surface area contributed by atoms with Crippen molar-refractivity contribution in [1.82, 2.24) is 20.1 Å². The third kappa shape index (κ3) is 6.51. The molecular weight excluding hydrogens is 615 g/mol. The molecule has 2 atom stereocenters. The molecule has 0 unspecified atom stereocenters. The topological polar surface area (TPSA) is 77.7 Å². The number of nitrogens with zero attached hydrogens (tertiary/aromatic N) is 2. The van der Waals surface area contributed by atoms with Crippen LogP contribution in [0.5, 0.6) is 0 Å². The highest BCUT2D eigenvalue weighted by atomic mass is 35.5. The van der Waals surface area contributed by atoms with Crippen molar-refractivity contribution < 1.29 is 14.3 Å². The lowest BCUT2D eigenvalue weighted by molar-refractivity contribution is -0.129. The summed E-state index contributed by atoms with van der Waals surface area (Å²) in [6.45, 7) is 7.05. The smallest absolute Gasteiger partial charge is 0.239 e. The number of carbonyl (C=O) groups excluding carboxylic acids is 2. The van der Waals surface area contributed by atoms with Crippen molar-refractivity contribution in [2.24, 2.45) is 0 Å². The molecular formula is C34H36Cl2N4O3S. The summed E-state index contributed by atoms with van der Waals surface area (Å²) in [6.07, 6.45) is 2.81. The maximum Gasteiger partial charge on any atom is 0.239 e. The highest BCUT2D eigenvalue weighted by molar-refractivity contribution is 8.01. The number of benzene rings is 3. The monoisotopic (exact) mass is 650 g/mol. The lowest BCUT2D eigenvalue weighted by atomic mass is 9.91. The Morgan fingerprint density at radius 2 is 1.82 bits per heavy atom. The number of H-pyrrole nitrogens is 1. The van der Waals surface area contributed by atoms with Gasteiger partial charge in [0.15, 0.2) is 0 Å². The average molecular weight is 652 g/mol. The zero-order valence-electron chi connectivity index (χ0n) is 24.7. The van der Waals surface area contributed by atoms with Crippen LogP contribution in [0.4, 0.5) is 0 Å². The fourth-order valence-corrected chi connectivity index (χ4v) is 8.14. The van der Waals surface area contributed by atoms with Crippen LogP contribution in [0.2, 0.25) is 10.0 Å². The number of thioether (sulfide) groups is 1. The molecule has 230 valence electrons. The molecule has 2 amide bonds. The Bertz CT molecular complexity index is 1640. The Hall–Kier alpha value is -3.01. The predicted molar refractivity (Wildman–Crippen MR) is 177 cm³/mol. The van der Waals surface area contributed by atoms with Gasteiger partial charge in [-0.25, -0.2) is 0 Å². The van der Waals surface area contributed by atoms with Crippen LogP contribution >= 0.6 is 35.0 Å². The number of morpholine rings is 1. The van der Waals surface area contributed by atoms with Crippen molar-refractivity contribution >= 4 is 57.7 Å². The summed E-state index contributed by atoms with van der Waals surface area (Å²) in [6, 6.07) is 20.8. The van der Waals surface area contributed by atoms with Crippen LogP contribution in [-0.4, -0.2) is 70.7 Å². The van der Waals surface area contributed by atoms with Gasteiger partial charge in [-0.2, -0.15) is 0 Å². The van der Waals surface area contributed by atoms with Crippen molar-refractivity contribution in [2.75, 3.05) is 39.4 Å². The van der Waals surface area contributed by atoms with E-state index >= 15 is 0 Å². The molecule has 2 aliphatic heterocycles. The first-order chi connectivity index (χ1) is 21.3. The van der Waals surface area contributed by atoms with Crippen molar-refractivity contribution in [2.45, 2.75) is 42.0 Å². The molecule has 0 radical (unpaired) electrons. The van der Waals surface area contributed by atoms with Gasteiger partial charge in [0.05, 0.1) is 25.7 Å². The zero-order valence-corrected chi connectivity index (χ0v) is 27.0. The number of hydrogen-bond donors (Lipinski definition) is 2. The number of aromatic amines is 1. The Balaban J connectivity index is 1.39. The molecule has 1 aromatic heterocycles. The maximum atomic E-state index is 14.6. The number of carbonyl (C=O) groups is 2. The molecule has 3 heterocycles. The van der Waals surface area contributed by atoms with Crippen molar-refractivity contribution in [3.63, 3.8) is 0 Å². The average Bonchev–Trinajstić information content (AvgIpc) is 3.55. The van der Waals surface area contributed by atoms with E-state index in [4.69, 9.17) is 27.9 Å². The van der Waals surface area contributed by atoms with Crippen molar-refractivity contribution in [3.05, 3.63) is 99.7 Å². The Morgan fingerprint density at radius 1 is 1.07 bits per heavy atom. The first-order valence-electron chi connectivity index (χ1n) is 15.0. The number of ether oxygens (including phenoxy) is 1. The summed E-state index contributed by atoms with van der Waals surface area (Å²) >= 11 is 14.1. The number of halogens is 2. The van der Waals surface area contributed by atoms with E-state index in [0.29, 0.717) is 23.1 Å². The van der Waals surface area contributed by atoms with Crippen molar-refractivity contribution in [1.29, 1.82) is 0 Å². The molecule has 2 aliphatic rings. The lowest BCUT2D eigenvalue weighted by Gasteiger charge is -2.36. The van der Waals surface area contributed by atoms with Crippen LogP contribution in [0.15, 0.2) is 77.8 Å². The number of likely N-dealkylation sites (tertiary alicyclic amines) is 1. The first-order valence-corrected chi connectivity index (χ1v) is 16.5. The minimum atomic E-state index is -1.12. The molecule has 4 aromatic rings. The third-order valence-corrected chi connectivity index (χ3v) is 10.5. The van der Waals surface area contributed by atoms with Gasteiger partial charge in [-0.05, 0) is 67.4 Å². The second-order valence-electron chi connectivity index (χ2n) is 11.5. The minimum Gasteiger partial charge on any atom is -0.379 e. The molecule has 2 N–H and O–H groups in total. The summed E-state index contributed by atoms with van der Waals surface area (Å²) in [5.41, 5.74) is 3.73. The fraction of sp³-hybridized carbons (Fsp3) is 0.353. The molecule has 0 saturated carbocycles. The highest BCUT2D eigenvalue weighted by Crippen LogP contribution is 2.54. The number of aryl methyl sites for hydroxylation is 1. The molecule has 7 nitrogen and oxygen atoms in total. The van der Waals surface area contributed by atoms with E-state index < -0.39 is 10.8 Å². The van der Waals surface area contributed by atoms with E-state index in [-0.39, 0.29) is 18.2 Å². The predicted octanol–water partition coefficient (Wildman–Crippen LogP) is 6.63. The quantitative estimate of drug-likeness (QED) is 0.189. The fourth-order valence-electron chi connectivity index (χ4n) is 6.30. The second-order valence-corrected chi connectivity index (χ2v) is 13.8. The molecule has 44 heavy (non-hydrogen) atoms. The lowest BCUT2D eigenvalue weighted by Crippen LogP contribution is -2.48. The zero-order chi connectivity index (χ0) is 30.7. The summed E-state index contributed by atoms with van der Waals surface area (Å²) in [4.78, 5) is 37.3. The van der Waals surface area contributed by atoms with Gasteiger partial charge < -0.3 is 19.9 Å². The largest absolute Gasteiger partial charge is 0.379 e. The summed E-state index contributed by atoms with van der Waals surface area (Å²) in [5, 5.41) is 5.45. The number of rotatable bonds is 10. The Labute approximate surface area is 272 Å². The van der Waals surface area contributed by atoms with Crippen LogP contribution in [0, 0.1) is 6.92 Å². The SMILES string of the molecule is Cc1cc(Cl)ccc1CN1C(=O)C[C@@](Sc2ccccc2)(C(=O)NCCCN2CCOCC2)[C@H]1c1c[nH]c2cc(Cl)ccc12. The van der Waals surface area contributed by atoms with Crippen LogP contribution in [-0.2, 0) is 20.9 Å². The van der Waals surface area contributed by atoms with Gasteiger partial charge in [0, 0.05) is 63.8 Å². The van der Waals surface area contributed by atoms with Gasteiger partial charge in [-0.3, -0.25) is 14.5 Å². The van der Waals surface area contributed by atoms with E-state index in [2.05, 4.69) is 15.2 Å². The highest BCUT2D eigenvalue weighted by Gasteiger charge is 2.58. The van der Waals surface area contributed by atoms with E-state index in [9.17, 15) is 9.59 Å². The Morgan fingerprint density at radius 3 is 2.59 bits per heavy atom. The molecule has 0 spiro atoms. The first kappa shape index (κ1) is 31.0. The van der Waals surface area contributed by atoms with E-state index in [1.165, 1.54) is 11.8 Å². The number of aromatic nitrogens is 1. The van der Waals surface area contributed by atoms with Crippen LogP contribution in [0.1, 0.15) is 35.6 Å². The van der Waals surface area contributed by atoms with Gasteiger partial charge in [0.25, 0.3) is 0 Å². The van der Waals surface area contributed by atoms with Crippen LogP contribution < -0.4 is 5.32 Å². The van der Waals surface area contributed by atoms with E-state index in [1.54, 1.807) is 0 Å². The minimum absolute atomic E-state index is 0.0689. The number of fused-ring (bicyclic) bond motifs is 1. The third-order valence-electron chi connectivity index (χ3n) is 8.57. The maximum absolute atomic E-state index is 14.6. The molecule has 6 rings (SSSR count). The van der Waals surface area contributed by atoms with Gasteiger partial charge >= 0.3 is 0 Å². The molecule has 2 saturated heterocycles. The molecule has 0 aliphatic carbocycles. The number of amides is 2. The summed E-state index contributed by atoms with van der Waals surface area (Å²) in [7, 11) is 0. The Kier molecular flexibility index (Phi) is 9.54. The molecule has 10 heteroatoms.